The highest BCUT2D eigenvalue weighted by atomic mass is 35.5. The Labute approximate surface area is 192 Å². The van der Waals surface area contributed by atoms with Gasteiger partial charge < -0.3 is 19.7 Å². The Bertz CT molecular complexity index is 921. The molecule has 1 aliphatic heterocycles. The van der Waals surface area contributed by atoms with Gasteiger partial charge in [0.05, 0.1) is 30.6 Å². The molecule has 1 aliphatic rings. The van der Waals surface area contributed by atoms with Crippen LogP contribution in [0.2, 0.25) is 10.2 Å². The van der Waals surface area contributed by atoms with Gasteiger partial charge in [0.2, 0.25) is 0 Å². The third kappa shape index (κ3) is 5.11. The molecule has 1 N–H and O–H groups in total. The fraction of sp³-hybridized carbons (Fsp3) is 0.500. The van der Waals surface area contributed by atoms with Gasteiger partial charge in [-0.1, -0.05) is 23.2 Å². The first-order valence-electron chi connectivity index (χ1n) is 9.71. The molecule has 0 radical (unpaired) electrons. The second kappa shape index (κ2) is 10.0. The molecule has 2 aromatic rings. The first kappa shape index (κ1) is 22.9. The number of nitrogens with zero attached hydrogens (tertiary/aromatic N) is 4. The normalized spacial score (nSPS) is 15.1. The zero-order valence-electron chi connectivity index (χ0n) is 17.7. The molecule has 2 heterocycles. The number of hydrogen-bond donors (Lipinski definition) is 1. The number of halogens is 2. The van der Waals surface area contributed by atoms with Gasteiger partial charge in [-0.3, -0.25) is 9.58 Å². The van der Waals surface area contributed by atoms with Crippen molar-refractivity contribution in [3.05, 3.63) is 33.6 Å². The van der Waals surface area contributed by atoms with E-state index in [1.54, 1.807) is 31.0 Å². The Morgan fingerprint density at radius 1 is 1.13 bits per heavy atom. The van der Waals surface area contributed by atoms with E-state index < -0.39 is 0 Å². The van der Waals surface area contributed by atoms with Crippen LogP contribution in [0.1, 0.15) is 17.7 Å². The molecule has 0 amide bonds. The van der Waals surface area contributed by atoms with Gasteiger partial charge in [-0.2, -0.15) is 5.10 Å². The summed E-state index contributed by atoms with van der Waals surface area (Å²) >= 11 is 18.3. The van der Waals surface area contributed by atoms with Gasteiger partial charge in [-0.15, -0.1) is 0 Å². The maximum atomic E-state index is 6.41. The quantitative estimate of drug-likeness (QED) is 0.662. The van der Waals surface area contributed by atoms with Crippen molar-refractivity contribution in [1.29, 1.82) is 0 Å². The number of thiocarbonyl (C=S) groups is 1. The molecule has 10 heteroatoms. The summed E-state index contributed by atoms with van der Waals surface area (Å²) in [5.41, 5.74) is 2.79. The number of ether oxygens (including phenoxy) is 2. The summed E-state index contributed by atoms with van der Waals surface area (Å²) in [5.74, 6) is 1.18. The van der Waals surface area contributed by atoms with E-state index in [1.807, 2.05) is 14.0 Å². The van der Waals surface area contributed by atoms with Crippen molar-refractivity contribution in [3.8, 4) is 11.5 Å². The molecule has 0 aliphatic carbocycles. The van der Waals surface area contributed by atoms with Crippen molar-refractivity contribution in [2.24, 2.45) is 7.05 Å². The minimum Gasteiger partial charge on any atom is -0.495 e. The smallest absolute Gasteiger partial charge is 0.173 e. The third-order valence-corrected chi connectivity index (χ3v) is 6.37. The van der Waals surface area contributed by atoms with E-state index in [0.29, 0.717) is 26.8 Å². The second-order valence-corrected chi connectivity index (χ2v) is 8.36. The summed E-state index contributed by atoms with van der Waals surface area (Å²) in [6.45, 7) is 6.33. The zero-order valence-corrected chi connectivity index (χ0v) is 20.0. The van der Waals surface area contributed by atoms with Gasteiger partial charge in [-0.05, 0) is 25.6 Å². The molecule has 0 spiro atoms. The van der Waals surface area contributed by atoms with E-state index in [0.717, 1.165) is 56.1 Å². The Balaban J connectivity index is 1.65. The summed E-state index contributed by atoms with van der Waals surface area (Å²) in [7, 11) is 5.05. The zero-order chi connectivity index (χ0) is 21.8. The molecule has 1 fully saturated rings. The van der Waals surface area contributed by atoms with Crippen molar-refractivity contribution < 1.29 is 9.47 Å². The first-order valence-corrected chi connectivity index (χ1v) is 10.9. The number of hydrogen-bond acceptors (Lipinski definition) is 5. The lowest BCUT2D eigenvalue weighted by molar-refractivity contribution is 0.277. The lowest BCUT2D eigenvalue weighted by Crippen LogP contribution is -2.37. The molecule has 0 bridgehead atoms. The summed E-state index contributed by atoms with van der Waals surface area (Å²) in [4.78, 5) is 4.57. The van der Waals surface area contributed by atoms with Crippen LogP contribution in [0.5, 0.6) is 11.5 Å². The van der Waals surface area contributed by atoms with E-state index in [4.69, 9.17) is 44.9 Å². The van der Waals surface area contributed by atoms with Crippen LogP contribution in [-0.2, 0) is 13.6 Å². The van der Waals surface area contributed by atoms with Crippen LogP contribution in [0.3, 0.4) is 0 Å². The van der Waals surface area contributed by atoms with Gasteiger partial charge in [0, 0.05) is 57.5 Å². The predicted molar refractivity (Wildman–Crippen MR) is 125 cm³/mol. The van der Waals surface area contributed by atoms with Crippen molar-refractivity contribution >= 4 is 46.2 Å². The first-order chi connectivity index (χ1) is 14.3. The molecule has 30 heavy (non-hydrogen) atoms. The van der Waals surface area contributed by atoms with Crippen LogP contribution in [0.25, 0.3) is 0 Å². The van der Waals surface area contributed by atoms with Gasteiger partial charge in [-0.25, -0.2) is 0 Å². The maximum absolute atomic E-state index is 6.41. The lowest BCUT2D eigenvalue weighted by atomic mass is 10.2. The van der Waals surface area contributed by atoms with Gasteiger partial charge in [0.1, 0.15) is 16.7 Å². The van der Waals surface area contributed by atoms with Crippen molar-refractivity contribution in [1.82, 2.24) is 19.6 Å². The average molecular weight is 472 g/mol. The minimum absolute atomic E-state index is 0.487. The van der Waals surface area contributed by atoms with Gasteiger partial charge >= 0.3 is 0 Å². The Morgan fingerprint density at radius 3 is 2.50 bits per heavy atom. The number of aryl methyl sites for hydroxylation is 2. The molecule has 0 unspecified atom stereocenters. The van der Waals surface area contributed by atoms with Crippen molar-refractivity contribution in [3.63, 3.8) is 0 Å². The number of anilines is 1. The fourth-order valence-corrected chi connectivity index (χ4v) is 4.32. The van der Waals surface area contributed by atoms with Gasteiger partial charge in [0.15, 0.2) is 5.11 Å². The van der Waals surface area contributed by atoms with Crippen molar-refractivity contribution in [2.45, 2.75) is 19.9 Å². The molecule has 7 nitrogen and oxygen atoms in total. The SMILES string of the molecule is COc1cc(NC(=S)N2CCCN(Cc3c(C)nn(C)c3Cl)CC2)c(OC)cc1Cl. The fourth-order valence-electron chi connectivity index (χ4n) is 3.56. The molecule has 1 aromatic heterocycles. The van der Waals surface area contributed by atoms with Gasteiger partial charge in [0.25, 0.3) is 0 Å². The second-order valence-electron chi connectivity index (χ2n) is 7.21. The highest BCUT2D eigenvalue weighted by Gasteiger charge is 2.21. The van der Waals surface area contributed by atoms with E-state index in [9.17, 15) is 0 Å². The van der Waals surface area contributed by atoms with E-state index >= 15 is 0 Å². The topological polar surface area (TPSA) is 54.8 Å². The highest BCUT2D eigenvalue weighted by Crippen LogP contribution is 2.36. The van der Waals surface area contributed by atoms with E-state index in [1.165, 1.54) is 0 Å². The number of nitrogens with one attached hydrogen (secondary N) is 1. The Morgan fingerprint density at radius 2 is 1.87 bits per heavy atom. The van der Waals surface area contributed by atoms with Crippen LogP contribution in [0.15, 0.2) is 12.1 Å². The molecular weight excluding hydrogens is 445 g/mol. The van der Waals surface area contributed by atoms with E-state index in [-0.39, 0.29) is 0 Å². The maximum Gasteiger partial charge on any atom is 0.173 e. The largest absolute Gasteiger partial charge is 0.495 e. The van der Waals surface area contributed by atoms with Crippen LogP contribution in [0, 0.1) is 6.92 Å². The number of methoxy groups -OCH3 is 2. The lowest BCUT2D eigenvalue weighted by Gasteiger charge is -2.25. The molecule has 1 saturated heterocycles. The Hall–Kier alpha value is -1.74. The molecular formula is C20H27Cl2N5O2S. The summed E-state index contributed by atoms with van der Waals surface area (Å²) in [5, 5.41) is 9.54. The average Bonchev–Trinajstić information content (AvgIpc) is 2.90. The van der Waals surface area contributed by atoms with Crippen LogP contribution in [0.4, 0.5) is 5.69 Å². The van der Waals surface area contributed by atoms with Crippen LogP contribution < -0.4 is 14.8 Å². The summed E-state index contributed by atoms with van der Waals surface area (Å²) in [6, 6.07) is 3.51. The molecule has 0 atom stereocenters. The minimum atomic E-state index is 0.487. The molecule has 0 saturated carbocycles. The number of benzene rings is 1. The number of rotatable bonds is 5. The standard InChI is InChI=1S/C20H27Cl2N5O2S/c1-13-14(19(22)25(2)24-13)12-26-6-5-7-27(9-8-26)20(30)23-16-11-17(28-3)15(21)10-18(16)29-4/h10-11H,5-9,12H2,1-4H3,(H,23,30). The Kier molecular flexibility index (Phi) is 7.68. The summed E-state index contributed by atoms with van der Waals surface area (Å²) in [6.07, 6.45) is 1.000. The highest BCUT2D eigenvalue weighted by molar-refractivity contribution is 7.80. The van der Waals surface area contributed by atoms with Crippen molar-refractivity contribution in [2.75, 3.05) is 45.7 Å². The predicted octanol–water partition coefficient (Wildman–Crippen LogP) is 3.96. The van der Waals surface area contributed by atoms with Crippen LogP contribution in [-0.4, -0.2) is 65.1 Å². The van der Waals surface area contributed by atoms with Crippen LogP contribution >= 0.6 is 35.4 Å². The summed E-state index contributed by atoms with van der Waals surface area (Å²) < 4.78 is 12.5. The number of aromatic nitrogens is 2. The molecule has 1 aromatic carbocycles. The third-order valence-electron chi connectivity index (χ3n) is 5.24. The monoisotopic (exact) mass is 471 g/mol. The molecule has 3 rings (SSSR count). The molecule has 164 valence electrons. The van der Waals surface area contributed by atoms with E-state index in [2.05, 4.69) is 20.2 Å².